The average molecular weight is 443 g/mol. The lowest BCUT2D eigenvalue weighted by atomic mass is 9.70. The molecule has 1 saturated heterocycles. The van der Waals surface area contributed by atoms with Crippen molar-refractivity contribution in [3.63, 3.8) is 0 Å². The maximum absolute atomic E-state index is 12.7. The molecule has 8 heteroatoms. The Bertz CT molecular complexity index is 999. The van der Waals surface area contributed by atoms with Crippen LogP contribution in [0.5, 0.6) is 0 Å². The summed E-state index contributed by atoms with van der Waals surface area (Å²) in [5.74, 6) is -2.85. The van der Waals surface area contributed by atoms with E-state index < -0.39 is 17.9 Å². The second-order valence-electron chi connectivity index (χ2n) is 8.62. The van der Waals surface area contributed by atoms with Crippen LogP contribution in [0.25, 0.3) is 10.9 Å². The molecule has 0 unspecified atom stereocenters. The molecule has 0 bridgehead atoms. The Kier molecular flexibility index (Phi) is 6.50. The summed E-state index contributed by atoms with van der Waals surface area (Å²) in [7, 11) is 3.94. The molecule has 0 aliphatic carbocycles. The van der Waals surface area contributed by atoms with Crippen LogP contribution in [0.15, 0.2) is 24.3 Å². The summed E-state index contributed by atoms with van der Waals surface area (Å²) < 4.78 is 14.8. The zero-order valence-electron chi connectivity index (χ0n) is 18.8. The predicted octanol–water partition coefficient (Wildman–Crippen LogP) is 2.62. The largest absolute Gasteiger partial charge is 0.469 e. The maximum atomic E-state index is 12.7. The fourth-order valence-corrected chi connectivity index (χ4v) is 5.56. The topological polar surface area (TPSA) is 97.9 Å². The van der Waals surface area contributed by atoms with E-state index in [1.165, 1.54) is 32.3 Å². The second kappa shape index (κ2) is 9.32. The van der Waals surface area contributed by atoms with Crippen molar-refractivity contribution in [2.24, 2.45) is 17.8 Å². The Morgan fingerprint density at radius 3 is 2.50 bits per heavy atom. The van der Waals surface area contributed by atoms with Crippen molar-refractivity contribution >= 4 is 28.8 Å². The number of piperidine rings is 1. The Morgan fingerprint density at radius 2 is 1.81 bits per heavy atom. The standard InChI is InChI=1S/C24H30N2O6/c1-30-20(27)9-8-14-13-26-11-10-16-15-6-4-5-7-18(15)25-22(16)19(26)12-17(14)21(23(28)31-2)24(29)32-3/h4-7,14,17,19,21,25H,8-13H2,1-3H3/t14-,17-,19-/m0/s1. The first-order valence-corrected chi connectivity index (χ1v) is 11.0. The molecule has 2 aliphatic heterocycles. The molecule has 0 amide bonds. The highest BCUT2D eigenvalue weighted by molar-refractivity contribution is 5.95. The van der Waals surface area contributed by atoms with E-state index in [0.29, 0.717) is 19.4 Å². The highest BCUT2D eigenvalue weighted by Gasteiger charge is 2.48. The molecule has 0 saturated carbocycles. The minimum absolute atomic E-state index is 0.0421. The molecule has 1 N–H and O–H groups in total. The zero-order chi connectivity index (χ0) is 22.8. The van der Waals surface area contributed by atoms with Gasteiger partial charge < -0.3 is 19.2 Å². The fraction of sp³-hybridized carbons (Fsp3) is 0.542. The molecule has 2 aliphatic rings. The monoisotopic (exact) mass is 442 g/mol. The first-order valence-electron chi connectivity index (χ1n) is 11.0. The smallest absolute Gasteiger partial charge is 0.320 e. The van der Waals surface area contributed by atoms with Crippen LogP contribution in [0, 0.1) is 17.8 Å². The molecule has 2 aromatic rings. The highest BCUT2D eigenvalue weighted by Crippen LogP contribution is 2.46. The number of aromatic amines is 1. The summed E-state index contributed by atoms with van der Waals surface area (Å²) in [4.78, 5) is 43.1. The third-order valence-electron chi connectivity index (χ3n) is 7.12. The first kappa shape index (κ1) is 22.3. The molecule has 1 aromatic carbocycles. The minimum Gasteiger partial charge on any atom is -0.469 e. The number of ether oxygens (including phenoxy) is 3. The van der Waals surface area contributed by atoms with Crippen molar-refractivity contribution in [2.75, 3.05) is 34.4 Å². The summed E-state index contributed by atoms with van der Waals surface area (Å²) in [6.45, 7) is 1.58. The number of benzene rings is 1. The van der Waals surface area contributed by atoms with E-state index in [1.54, 1.807) is 0 Å². The third kappa shape index (κ3) is 3.99. The van der Waals surface area contributed by atoms with Gasteiger partial charge in [-0.25, -0.2) is 0 Å². The summed E-state index contributed by atoms with van der Waals surface area (Å²) >= 11 is 0. The van der Waals surface area contributed by atoms with Crippen molar-refractivity contribution in [3.05, 3.63) is 35.5 Å². The van der Waals surface area contributed by atoms with Crippen molar-refractivity contribution in [1.82, 2.24) is 9.88 Å². The van der Waals surface area contributed by atoms with Crippen molar-refractivity contribution < 1.29 is 28.6 Å². The Hall–Kier alpha value is -2.87. The van der Waals surface area contributed by atoms with Gasteiger partial charge in [0.2, 0.25) is 0 Å². The van der Waals surface area contributed by atoms with E-state index in [9.17, 15) is 14.4 Å². The lowest BCUT2D eigenvalue weighted by Crippen LogP contribution is -2.50. The maximum Gasteiger partial charge on any atom is 0.320 e. The number of nitrogens with zero attached hydrogens (tertiary/aromatic N) is 1. The molecule has 0 radical (unpaired) electrons. The number of fused-ring (bicyclic) bond motifs is 5. The number of nitrogens with one attached hydrogen (secondary N) is 1. The minimum atomic E-state index is -1.02. The molecule has 1 aromatic heterocycles. The lowest BCUT2D eigenvalue weighted by molar-refractivity contribution is -0.165. The third-order valence-corrected chi connectivity index (χ3v) is 7.12. The Labute approximate surface area is 187 Å². The fourth-order valence-electron chi connectivity index (χ4n) is 5.56. The molecule has 0 spiro atoms. The summed E-state index contributed by atoms with van der Waals surface area (Å²) in [5, 5.41) is 1.23. The number of carbonyl (C=O) groups is 3. The van der Waals surface area contributed by atoms with Crippen molar-refractivity contribution in [1.29, 1.82) is 0 Å². The Morgan fingerprint density at radius 1 is 1.09 bits per heavy atom. The molecule has 172 valence electrons. The molecule has 4 rings (SSSR count). The van der Waals surface area contributed by atoms with Gasteiger partial charge in [0.15, 0.2) is 5.92 Å². The normalized spacial score (nSPS) is 22.8. The average Bonchev–Trinajstić information content (AvgIpc) is 3.21. The number of para-hydroxylation sites is 1. The molecule has 8 nitrogen and oxygen atoms in total. The number of H-pyrrole nitrogens is 1. The lowest BCUT2D eigenvalue weighted by Gasteiger charge is -2.47. The predicted molar refractivity (Wildman–Crippen MR) is 117 cm³/mol. The molecular weight excluding hydrogens is 412 g/mol. The zero-order valence-corrected chi connectivity index (χ0v) is 18.8. The Balaban J connectivity index is 1.70. The summed E-state index contributed by atoms with van der Waals surface area (Å²) in [5.41, 5.74) is 3.56. The number of hydrogen-bond donors (Lipinski definition) is 1. The van der Waals surface area contributed by atoms with Gasteiger partial charge in [0.05, 0.1) is 27.4 Å². The molecule has 3 heterocycles. The van der Waals surface area contributed by atoms with Crippen LogP contribution in [0.3, 0.4) is 0 Å². The van der Waals surface area contributed by atoms with Gasteiger partial charge >= 0.3 is 17.9 Å². The van der Waals surface area contributed by atoms with Crippen LogP contribution >= 0.6 is 0 Å². The van der Waals surface area contributed by atoms with E-state index in [4.69, 9.17) is 14.2 Å². The van der Waals surface area contributed by atoms with E-state index in [1.807, 2.05) is 12.1 Å². The number of hydrogen-bond acceptors (Lipinski definition) is 7. The van der Waals surface area contributed by atoms with Crippen LogP contribution in [-0.2, 0) is 35.0 Å². The van der Waals surface area contributed by atoms with Gasteiger partial charge in [-0.05, 0) is 42.7 Å². The van der Waals surface area contributed by atoms with Gasteiger partial charge in [-0.1, -0.05) is 18.2 Å². The van der Waals surface area contributed by atoms with Gasteiger partial charge in [-0.15, -0.1) is 0 Å². The molecular formula is C24H30N2O6. The van der Waals surface area contributed by atoms with Crippen LogP contribution in [0.4, 0.5) is 0 Å². The van der Waals surface area contributed by atoms with Gasteiger partial charge in [-0.3, -0.25) is 19.3 Å². The van der Waals surface area contributed by atoms with E-state index in [2.05, 4.69) is 22.0 Å². The number of carbonyl (C=O) groups excluding carboxylic acids is 3. The molecule has 32 heavy (non-hydrogen) atoms. The first-order chi connectivity index (χ1) is 15.5. The highest BCUT2D eigenvalue weighted by atomic mass is 16.5. The number of methoxy groups -OCH3 is 3. The van der Waals surface area contributed by atoms with Gasteiger partial charge in [0.1, 0.15) is 0 Å². The second-order valence-corrected chi connectivity index (χ2v) is 8.62. The number of aromatic nitrogens is 1. The van der Waals surface area contributed by atoms with Crippen LogP contribution in [0.2, 0.25) is 0 Å². The van der Waals surface area contributed by atoms with Crippen molar-refractivity contribution in [3.8, 4) is 0 Å². The molecule has 3 atom stereocenters. The molecule has 1 fully saturated rings. The SMILES string of the molecule is COC(=O)CC[C@H]1CN2CCc3c([nH]c4ccccc34)[C@@H]2C[C@@H]1C(C(=O)OC)C(=O)OC. The van der Waals surface area contributed by atoms with Crippen molar-refractivity contribution in [2.45, 2.75) is 31.7 Å². The van der Waals surface area contributed by atoms with E-state index >= 15 is 0 Å². The van der Waals surface area contributed by atoms with Gasteiger partial charge in [0, 0.05) is 36.1 Å². The van der Waals surface area contributed by atoms with Crippen LogP contribution in [-0.4, -0.2) is 62.2 Å². The van der Waals surface area contributed by atoms with E-state index in [0.717, 1.165) is 24.2 Å². The van der Waals surface area contributed by atoms with Crippen LogP contribution in [0.1, 0.15) is 36.6 Å². The van der Waals surface area contributed by atoms with Crippen LogP contribution < -0.4 is 0 Å². The van der Waals surface area contributed by atoms with E-state index in [-0.39, 0.29) is 30.3 Å². The number of esters is 3. The van der Waals surface area contributed by atoms with Gasteiger partial charge in [-0.2, -0.15) is 0 Å². The van der Waals surface area contributed by atoms with Gasteiger partial charge in [0.25, 0.3) is 0 Å². The number of rotatable bonds is 6. The summed E-state index contributed by atoms with van der Waals surface area (Å²) in [6.07, 6.45) is 2.30. The summed E-state index contributed by atoms with van der Waals surface area (Å²) in [6, 6.07) is 8.32. The quantitative estimate of drug-likeness (QED) is 0.417.